The lowest BCUT2D eigenvalue weighted by atomic mass is 10.8. The van der Waals surface area contributed by atoms with Gasteiger partial charge in [0, 0.05) is 0 Å². The van der Waals surface area contributed by atoms with Gasteiger partial charge in [-0.3, -0.25) is 0 Å². The van der Waals surface area contributed by atoms with Crippen molar-refractivity contribution < 1.29 is 24.6 Å². The number of carboxylic acids is 2. The Bertz CT molecular complexity index is 206. The van der Waals surface area contributed by atoms with Crippen molar-refractivity contribution in [2.45, 2.75) is 7.59 Å². The molecular formula is C5H4Cl6O5. The molecule has 0 unspecified atom stereocenters. The summed E-state index contributed by atoms with van der Waals surface area (Å²) in [5.41, 5.74) is 0. The van der Waals surface area contributed by atoms with E-state index in [4.69, 9.17) is 84.6 Å². The first kappa shape index (κ1) is 21.6. The highest BCUT2D eigenvalue weighted by Crippen LogP contribution is 2.25. The minimum Gasteiger partial charge on any atom is -0.478 e. The third-order valence-corrected chi connectivity index (χ3v) is 1.46. The maximum absolute atomic E-state index is 9.62. The van der Waals surface area contributed by atoms with Crippen molar-refractivity contribution in [3.05, 3.63) is 0 Å². The highest BCUT2D eigenvalue weighted by Gasteiger charge is 2.30. The molecule has 0 fully saturated rings. The van der Waals surface area contributed by atoms with Crippen LogP contribution in [0.15, 0.2) is 0 Å². The molecule has 0 atom stereocenters. The fraction of sp³-hybridized carbons (Fsp3) is 0.400. The lowest BCUT2D eigenvalue weighted by Crippen LogP contribution is -2.16. The predicted molar refractivity (Wildman–Crippen MR) is 63.0 cm³/mol. The predicted octanol–water partition coefficient (Wildman–Crippen LogP) is 2.70. The number of hydrogen-bond acceptors (Lipinski definition) is 3. The van der Waals surface area contributed by atoms with Gasteiger partial charge in [-0.1, -0.05) is 69.6 Å². The normalized spacial score (nSPS) is 10.1. The van der Waals surface area contributed by atoms with Crippen LogP contribution in [-0.4, -0.2) is 36.5 Å². The molecule has 0 heterocycles. The van der Waals surface area contributed by atoms with Gasteiger partial charge in [-0.05, 0) is 0 Å². The van der Waals surface area contributed by atoms with E-state index in [1.807, 2.05) is 6.79 Å². The van der Waals surface area contributed by atoms with Crippen molar-refractivity contribution in [3.8, 4) is 0 Å². The molecule has 0 aromatic heterocycles. The van der Waals surface area contributed by atoms with E-state index in [-0.39, 0.29) is 0 Å². The van der Waals surface area contributed by atoms with E-state index in [2.05, 4.69) is 0 Å². The lowest BCUT2D eigenvalue weighted by molar-refractivity contribution is -0.136. The van der Waals surface area contributed by atoms with Gasteiger partial charge < -0.3 is 15.0 Å². The molecule has 0 rings (SSSR count). The van der Waals surface area contributed by atoms with Crippen LogP contribution < -0.4 is 0 Å². The summed E-state index contributed by atoms with van der Waals surface area (Å²) in [4.78, 5) is 27.2. The largest absolute Gasteiger partial charge is 0.478 e. The van der Waals surface area contributed by atoms with Gasteiger partial charge in [-0.25, -0.2) is 9.59 Å². The third-order valence-electron chi connectivity index (χ3n) is 0.485. The first-order chi connectivity index (χ1) is 6.89. The van der Waals surface area contributed by atoms with Crippen LogP contribution in [0.4, 0.5) is 0 Å². The molecule has 0 saturated heterocycles. The van der Waals surface area contributed by atoms with Gasteiger partial charge in [0.2, 0.25) is 0 Å². The minimum atomic E-state index is -2.17. The summed E-state index contributed by atoms with van der Waals surface area (Å²) in [5, 5.41) is 15.7. The maximum atomic E-state index is 9.62. The molecule has 0 aromatic carbocycles. The zero-order valence-corrected chi connectivity index (χ0v) is 11.6. The Balaban J connectivity index is -0.000000183. The molecule has 0 radical (unpaired) electrons. The van der Waals surface area contributed by atoms with Crippen LogP contribution in [-0.2, 0) is 14.4 Å². The van der Waals surface area contributed by atoms with Gasteiger partial charge in [-0.2, -0.15) is 0 Å². The third kappa shape index (κ3) is 16.8. The van der Waals surface area contributed by atoms with E-state index < -0.39 is 19.5 Å². The van der Waals surface area contributed by atoms with Crippen LogP contribution in [0.3, 0.4) is 0 Å². The molecule has 0 amide bonds. The molecular weight excluding hydrogens is 353 g/mol. The second-order valence-corrected chi connectivity index (χ2v) is 6.17. The van der Waals surface area contributed by atoms with Crippen LogP contribution in [0, 0.1) is 0 Å². The highest BCUT2D eigenvalue weighted by molar-refractivity contribution is 6.76. The van der Waals surface area contributed by atoms with E-state index in [1.54, 1.807) is 0 Å². The van der Waals surface area contributed by atoms with Crippen LogP contribution in [0.25, 0.3) is 0 Å². The molecule has 0 bridgehead atoms. The van der Waals surface area contributed by atoms with Gasteiger partial charge in [0.1, 0.15) is 6.79 Å². The molecule has 0 aliphatic carbocycles. The molecule has 0 saturated carbocycles. The first-order valence-corrected chi connectivity index (χ1v) is 5.05. The standard InChI is InChI=1S/2C2HCl3O2.CH2O/c2*3-2(4,5)1(6)7;1-2/h2*(H,6,7);1H2. The van der Waals surface area contributed by atoms with Crippen molar-refractivity contribution in [3.63, 3.8) is 0 Å². The van der Waals surface area contributed by atoms with Crippen molar-refractivity contribution in [2.24, 2.45) is 0 Å². The van der Waals surface area contributed by atoms with Crippen molar-refractivity contribution in [1.29, 1.82) is 0 Å². The second kappa shape index (κ2) is 9.39. The zero-order valence-electron chi connectivity index (χ0n) is 7.09. The summed E-state index contributed by atoms with van der Waals surface area (Å²) < 4.78 is -4.33. The van der Waals surface area contributed by atoms with E-state index >= 15 is 0 Å². The smallest absolute Gasteiger partial charge is 0.356 e. The van der Waals surface area contributed by atoms with E-state index in [0.717, 1.165) is 0 Å². The van der Waals surface area contributed by atoms with Crippen LogP contribution >= 0.6 is 69.6 Å². The molecule has 0 aromatic rings. The molecule has 16 heavy (non-hydrogen) atoms. The summed E-state index contributed by atoms with van der Waals surface area (Å²) >= 11 is 28.8. The Hall–Kier alpha value is 0.350. The quantitative estimate of drug-likeness (QED) is 0.651. The lowest BCUT2D eigenvalue weighted by Gasteiger charge is -1.99. The number of hydrogen-bond donors (Lipinski definition) is 2. The van der Waals surface area contributed by atoms with E-state index in [0.29, 0.717) is 0 Å². The average Bonchev–Trinajstić information content (AvgIpc) is 2.05. The van der Waals surface area contributed by atoms with E-state index in [1.165, 1.54) is 0 Å². The number of carbonyl (C=O) groups excluding carboxylic acids is 1. The van der Waals surface area contributed by atoms with Gasteiger partial charge in [-0.15, -0.1) is 0 Å². The second-order valence-electron chi connectivity index (χ2n) is 1.61. The first-order valence-electron chi connectivity index (χ1n) is 2.78. The number of halogens is 6. The van der Waals surface area contributed by atoms with Crippen molar-refractivity contribution >= 4 is 88.3 Å². The Morgan fingerprint density at radius 1 is 0.750 bits per heavy atom. The number of rotatable bonds is 0. The highest BCUT2D eigenvalue weighted by atomic mass is 35.6. The molecule has 0 spiro atoms. The van der Waals surface area contributed by atoms with Gasteiger partial charge in [0.15, 0.2) is 0 Å². The Morgan fingerprint density at radius 2 is 0.812 bits per heavy atom. The molecule has 0 aliphatic rings. The SMILES string of the molecule is C=O.O=C(O)C(Cl)(Cl)Cl.O=C(O)C(Cl)(Cl)Cl. The van der Waals surface area contributed by atoms with E-state index in [9.17, 15) is 9.59 Å². The van der Waals surface area contributed by atoms with Crippen LogP contribution in [0.5, 0.6) is 0 Å². The van der Waals surface area contributed by atoms with Crippen molar-refractivity contribution in [2.75, 3.05) is 0 Å². The fourth-order valence-electron chi connectivity index (χ4n) is 0. The van der Waals surface area contributed by atoms with Gasteiger partial charge >= 0.3 is 11.9 Å². The molecule has 96 valence electrons. The molecule has 0 aliphatic heterocycles. The summed E-state index contributed by atoms with van der Waals surface area (Å²) in [6, 6.07) is 0. The molecule has 11 heteroatoms. The minimum absolute atomic E-state index is 1.46. The number of aliphatic carboxylic acids is 2. The summed E-state index contributed by atoms with van der Waals surface area (Å²) in [6.07, 6.45) is 0. The maximum Gasteiger partial charge on any atom is 0.356 e. The van der Waals surface area contributed by atoms with Gasteiger partial charge in [0.05, 0.1) is 0 Å². The Labute approximate surface area is 120 Å². The Morgan fingerprint density at radius 3 is 0.812 bits per heavy atom. The summed E-state index contributed by atoms with van der Waals surface area (Å²) in [7, 11) is 0. The fourth-order valence-corrected chi connectivity index (χ4v) is 0. The molecule has 5 nitrogen and oxygen atoms in total. The zero-order chi connectivity index (χ0) is 14.2. The summed E-state index contributed by atoms with van der Waals surface area (Å²) in [6.45, 7) is 2.00. The number of alkyl halides is 6. The van der Waals surface area contributed by atoms with Crippen LogP contribution in [0.1, 0.15) is 0 Å². The number of carboxylic acid groups (broad SMARTS) is 2. The number of carbonyl (C=O) groups is 3. The monoisotopic (exact) mass is 354 g/mol. The van der Waals surface area contributed by atoms with Gasteiger partial charge in [0.25, 0.3) is 7.59 Å². The summed E-state index contributed by atoms with van der Waals surface area (Å²) in [5.74, 6) is -2.92. The average molecular weight is 357 g/mol. The molecule has 2 N–H and O–H groups in total. The van der Waals surface area contributed by atoms with Crippen molar-refractivity contribution in [1.82, 2.24) is 0 Å². The Kier molecular flexibility index (Phi) is 12.7. The van der Waals surface area contributed by atoms with Crippen LogP contribution in [0.2, 0.25) is 0 Å². The topological polar surface area (TPSA) is 91.7 Å².